The van der Waals surface area contributed by atoms with Crippen molar-refractivity contribution < 1.29 is 9.37 Å². The first-order valence-electron chi connectivity index (χ1n) is 4.32. The van der Waals surface area contributed by atoms with Crippen LogP contribution in [0.15, 0.2) is 0 Å². The van der Waals surface area contributed by atoms with E-state index in [4.69, 9.17) is 11.6 Å². The summed E-state index contributed by atoms with van der Waals surface area (Å²) in [6.07, 6.45) is 4.40. The Kier molecular flexibility index (Phi) is 2.89. The van der Waals surface area contributed by atoms with E-state index in [1.54, 1.807) is 0 Å². The summed E-state index contributed by atoms with van der Waals surface area (Å²) >= 11 is 5.45. The summed E-state index contributed by atoms with van der Waals surface area (Å²) in [6, 6.07) is 0. The molecule has 1 saturated heterocycles. The van der Waals surface area contributed by atoms with Crippen molar-refractivity contribution in [1.29, 1.82) is 0 Å². The van der Waals surface area contributed by atoms with Gasteiger partial charge in [0.05, 0.1) is 0 Å². The van der Waals surface area contributed by atoms with Crippen LogP contribution < -0.4 is 0 Å². The molecule has 0 saturated carbocycles. The predicted octanol–water partition coefficient (Wildman–Crippen LogP) is 1.66. The number of rotatable bonds is 2. The SMILES string of the molecule is CC(C)(C=[N+]1CCCC1)C(=O)Cl. The highest BCUT2D eigenvalue weighted by Gasteiger charge is 2.29. The minimum Gasteiger partial charge on any atom is -0.280 e. The van der Waals surface area contributed by atoms with E-state index in [1.807, 2.05) is 20.1 Å². The molecule has 2 nitrogen and oxygen atoms in total. The number of nitrogens with zero attached hydrogens (tertiary/aromatic N) is 1. The molecule has 0 bridgehead atoms. The second kappa shape index (κ2) is 3.56. The van der Waals surface area contributed by atoms with Gasteiger partial charge in [-0.2, -0.15) is 0 Å². The molecule has 0 aromatic carbocycles. The smallest absolute Gasteiger partial charge is 0.237 e. The minimum atomic E-state index is -0.508. The molecule has 0 aromatic rings. The van der Waals surface area contributed by atoms with Gasteiger partial charge in [-0.1, -0.05) is 0 Å². The lowest BCUT2D eigenvalue weighted by molar-refractivity contribution is -0.504. The number of carbonyl (C=O) groups is 1. The van der Waals surface area contributed by atoms with Crippen LogP contribution in [0.3, 0.4) is 0 Å². The lowest BCUT2D eigenvalue weighted by Crippen LogP contribution is -2.27. The molecule has 0 amide bonds. The van der Waals surface area contributed by atoms with Gasteiger partial charge in [0.2, 0.25) is 5.24 Å². The summed E-state index contributed by atoms with van der Waals surface area (Å²) in [5, 5.41) is -0.283. The van der Waals surface area contributed by atoms with Gasteiger partial charge in [0, 0.05) is 12.8 Å². The highest BCUT2D eigenvalue weighted by molar-refractivity contribution is 6.65. The topological polar surface area (TPSA) is 20.1 Å². The van der Waals surface area contributed by atoms with Gasteiger partial charge in [0.15, 0.2) is 6.21 Å². The Morgan fingerprint density at radius 1 is 1.42 bits per heavy atom. The van der Waals surface area contributed by atoms with Crippen molar-refractivity contribution in [3.63, 3.8) is 0 Å². The van der Waals surface area contributed by atoms with Gasteiger partial charge in [0.25, 0.3) is 0 Å². The maximum atomic E-state index is 11.0. The van der Waals surface area contributed by atoms with E-state index in [2.05, 4.69) is 4.58 Å². The van der Waals surface area contributed by atoms with Crippen molar-refractivity contribution in [2.75, 3.05) is 13.1 Å². The molecule has 0 aromatic heterocycles. The molecule has 1 aliphatic heterocycles. The molecule has 0 aliphatic carbocycles. The first-order valence-corrected chi connectivity index (χ1v) is 4.70. The van der Waals surface area contributed by atoms with E-state index in [0.717, 1.165) is 13.1 Å². The first kappa shape index (κ1) is 9.72. The summed E-state index contributed by atoms with van der Waals surface area (Å²) < 4.78 is 2.18. The van der Waals surface area contributed by atoms with Gasteiger partial charge in [-0.15, -0.1) is 0 Å². The molecule has 0 atom stereocenters. The normalized spacial score (nSPS) is 18.1. The standard InChI is InChI=1S/C9H15ClNO/c1-9(2,8(10)12)7-11-5-3-4-6-11/h7H,3-6H2,1-2H3/q+1. The zero-order chi connectivity index (χ0) is 9.19. The molecular weight excluding hydrogens is 174 g/mol. The van der Waals surface area contributed by atoms with Gasteiger partial charge < -0.3 is 0 Å². The second-order valence-electron chi connectivity index (χ2n) is 3.87. The predicted molar refractivity (Wildman–Crippen MR) is 49.9 cm³/mol. The maximum absolute atomic E-state index is 11.0. The number of halogens is 1. The fourth-order valence-electron chi connectivity index (χ4n) is 1.38. The Morgan fingerprint density at radius 3 is 2.33 bits per heavy atom. The number of carbonyl (C=O) groups excluding carboxylic acids is 1. The largest absolute Gasteiger partial charge is 0.280 e. The van der Waals surface area contributed by atoms with E-state index in [0.29, 0.717) is 0 Å². The van der Waals surface area contributed by atoms with Crippen LogP contribution >= 0.6 is 11.6 Å². The van der Waals surface area contributed by atoms with Crippen molar-refractivity contribution in [3.05, 3.63) is 0 Å². The molecule has 1 rings (SSSR count). The molecule has 0 N–H and O–H groups in total. The van der Waals surface area contributed by atoms with E-state index < -0.39 is 5.41 Å². The summed E-state index contributed by atoms with van der Waals surface area (Å²) in [5.41, 5.74) is -0.508. The molecule has 0 spiro atoms. The van der Waals surface area contributed by atoms with Crippen LogP contribution in [0, 0.1) is 5.41 Å². The molecular formula is C9H15ClNO+. The van der Waals surface area contributed by atoms with Gasteiger partial charge in [-0.3, -0.25) is 4.79 Å². The Bertz CT molecular complexity index is 213. The third-order valence-electron chi connectivity index (χ3n) is 2.15. The van der Waals surface area contributed by atoms with Crippen LogP contribution in [0.4, 0.5) is 0 Å². The van der Waals surface area contributed by atoms with Gasteiger partial charge in [-0.05, 0) is 25.4 Å². The molecule has 1 aliphatic rings. The summed E-state index contributed by atoms with van der Waals surface area (Å²) in [4.78, 5) is 11.0. The number of hydrogen-bond acceptors (Lipinski definition) is 1. The zero-order valence-corrected chi connectivity index (χ0v) is 8.40. The third-order valence-corrected chi connectivity index (χ3v) is 2.64. The van der Waals surface area contributed by atoms with Gasteiger partial charge >= 0.3 is 0 Å². The highest BCUT2D eigenvalue weighted by atomic mass is 35.5. The molecule has 12 heavy (non-hydrogen) atoms. The van der Waals surface area contributed by atoms with Crippen molar-refractivity contribution >= 4 is 23.1 Å². The zero-order valence-electron chi connectivity index (χ0n) is 7.64. The van der Waals surface area contributed by atoms with E-state index >= 15 is 0 Å². The Labute approximate surface area is 78.2 Å². The van der Waals surface area contributed by atoms with E-state index in [9.17, 15) is 4.79 Å². The summed E-state index contributed by atoms with van der Waals surface area (Å²) in [6.45, 7) is 5.82. The Balaban J connectivity index is 2.69. The van der Waals surface area contributed by atoms with E-state index in [-0.39, 0.29) is 5.24 Å². The monoisotopic (exact) mass is 188 g/mol. The van der Waals surface area contributed by atoms with Crippen molar-refractivity contribution in [1.82, 2.24) is 0 Å². The molecule has 1 fully saturated rings. The van der Waals surface area contributed by atoms with Crippen LogP contribution in [0.5, 0.6) is 0 Å². The van der Waals surface area contributed by atoms with Crippen LogP contribution in [0.1, 0.15) is 26.7 Å². The van der Waals surface area contributed by atoms with Crippen molar-refractivity contribution in [3.8, 4) is 0 Å². The molecule has 0 unspecified atom stereocenters. The highest BCUT2D eigenvalue weighted by Crippen LogP contribution is 2.16. The average molecular weight is 189 g/mol. The maximum Gasteiger partial charge on any atom is 0.237 e. The summed E-state index contributed by atoms with van der Waals surface area (Å²) in [5.74, 6) is 0. The number of hydrogen-bond donors (Lipinski definition) is 0. The molecule has 0 radical (unpaired) electrons. The Hall–Kier alpha value is -0.370. The quantitative estimate of drug-likeness (QED) is 0.477. The van der Waals surface area contributed by atoms with E-state index in [1.165, 1.54) is 12.8 Å². The minimum absolute atomic E-state index is 0.283. The fourth-order valence-corrected chi connectivity index (χ4v) is 1.43. The van der Waals surface area contributed by atoms with Crippen LogP contribution in [-0.4, -0.2) is 29.1 Å². The lowest BCUT2D eigenvalue weighted by Gasteiger charge is -2.10. The fraction of sp³-hybridized carbons (Fsp3) is 0.778. The van der Waals surface area contributed by atoms with Crippen LogP contribution in [-0.2, 0) is 4.79 Å². The van der Waals surface area contributed by atoms with Crippen molar-refractivity contribution in [2.24, 2.45) is 5.41 Å². The third kappa shape index (κ3) is 2.31. The van der Waals surface area contributed by atoms with Crippen LogP contribution in [0.25, 0.3) is 0 Å². The van der Waals surface area contributed by atoms with Gasteiger partial charge in [0.1, 0.15) is 18.5 Å². The summed E-state index contributed by atoms with van der Waals surface area (Å²) in [7, 11) is 0. The van der Waals surface area contributed by atoms with Gasteiger partial charge in [-0.25, -0.2) is 4.58 Å². The lowest BCUT2D eigenvalue weighted by atomic mass is 9.97. The van der Waals surface area contributed by atoms with Crippen molar-refractivity contribution in [2.45, 2.75) is 26.7 Å². The Morgan fingerprint density at radius 2 is 1.92 bits per heavy atom. The first-order chi connectivity index (χ1) is 5.52. The molecule has 3 heteroatoms. The second-order valence-corrected chi connectivity index (χ2v) is 4.21. The average Bonchev–Trinajstić information content (AvgIpc) is 2.38. The molecule has 68 valence electrons. The molecule has 1 heterocycles. The van der Waals surface area contributed by atoms with Crippen LogP contribution in [0.2, 0.25) is 0 Å².